The minimum Gasteiger partial charge on any atom is -0.478 e. The van der Waals surface area contributed by atoms with Gasteiger partial charge in [-0.3, -0.25) is 9.69 Å². The minimum absolute atomic E-state index is 0.0894. The third-order valence-electron chi connectivity index (χ3n) is 5.79. The van der Waals surface area contributed by atoms with E-state index in [1.54, 1.807) is 6.08 Å². The maximum absolute atomic E-state index is 13.1. The first-order chi connectivity index (χ1) is 15.5. The third kappa shape index (κ3) is 4.08. The van der Waals surface area contributed by atoms with Gasteiger partial charge >= 0.3 is 0 Å². The Morgan fingerprint density at radius 1 is 1.16 bits per heavy atom. The molecule has 5 rings (SSSR count). The average Bonchev–Trinajstić information content (AvgIpc) is 3.10. The molecule has 0 spiro atoms. The number of carbonyl (C=O) groups excluding carboxylic acids is 1. The van der Waals surface area contributed by atoms with Crippen LogP contribution in [-0.4, -0.2) is 24.0 Å². The van der Waals surface area contributed by atoms with Crippen LogP contribution in [-0.2, 0) is 13.0 Å². The van der Waals surface area contributed by atoms with Gasteiger partial charge in [0.05, 0.1) is 11.1 Å². The fourth-order valence-electron chi connectivity index (χ4n) is 4.15. The molecule has 0 fully saturated rings. The summed E-state index contributed by atoms with van der Waals surface area (Å²) in [6, 6.07) is 17.6. The van der Waals surface area contributed by atoms with Crippen LogP contribution >= 0.6 is 27.5 Å². The molecule has 3 aromatic carbocycles. The van der Waals surface area contributed by atoms with Crippen LogP contribution in [0.1, 0.15) is 32.6 Å². The Morgan fingerprint density at radius 2 is 2.00 bits per heavy atom. The summed E-state index contributed by atoms with van der Waals surface area (Å²) in [5.74, 6) is 1.65. The number of halogens is 2. The third-order valence-corrected chi connectivity index (χ3v) is 6.65. The highest BCUT2D eigenvalue weighted by Gasteiger charge is 2.35. The number of ketones is 1. The molecule has 0 atom stereocenters. The zero-order valence-corrected chi connectivity index (χ0v) is 19.9. The average molecular weight is 511 g/mol. The van der Waals surface area contributed by atoms with Crippen LogP contribution in [0.4, 0.5) is 0 Å². The molecule has 0 unspecified atom stereocenters. The van der Waals surface area contributed by atoms with Gasteiger partial charge in [-0.15, -0.1) is 0 Å². The van der Waals surface area contributed by atoms with Crippen LogP contribution in [0.3, 0.4) is 0 Å². The van der Waals surface area contributed by atoms with Crippen molar-refractivity contribution in [1.82, 2.24) is 4.90 Å². The van der Waals surface area contributed by atoms with Crippen LogP contribution in [0.2, 0.25) is 5.02 Å². The second-order valence-corrected chi connectivity index (χ2v) is 9.36. The van der Waals surface area contributed by atoms with E-state index in [0.717, 1.165) is 50.5 Å². The van der Waals surface area contributed by atoms with Crippen molar-refractivity contribution in [1.29, 1.82) is 0 Å². The van der Waals surface area contributed by atoms with Crippen molar-refractivity contribution in [3.63, 3.8) is 0 Å². The molecule has 0 amide bonds. The second kappa shape index (κ2) is 8.74. The predicted octanol–water partition coefficient (Wildman–Crippen LogP) is 6.42. The number of rotatable bonds is 4. The molecule has 0 aliphatic carbocycles. The van der Waals surface area contributed by atoms with Crippen molar-refractivity contribution >= 4 is 39.4 Å². The molecular formula is C26H21BrClNO3. The zero-order valence-electron chi connectivity index (χ0n) is 17.5. The smallest absolute Gasteiger partial charge is 0.232 e. The molecule has 6 heteroatoms. The standard InChI is InChI=1S/C26H21BrClNO3/c1-16-11-22-20(14-29(15-31-22)10-9-18-6-2-3-8-21(18)28)26-24(16)25(30)23(32-26)13-17-5-4-7-19(27)12-17/h2-8,11-13H,9-10,14-15H2,1H3/b23-13-. The van der Waals surface area contributed by atoms with E-state index in [-0.39, 0.29) is 5.78 Å². The van der Waals surface area contributed by atoms with Gasteiger partial charge in [0.15, 0.2) is 5.76 Å². The Hall–Kier alpha value is -2.60. The maximum Gasteiger partial charge on any atom is 0.232 e. The van der Waals surface area contributed by atoms with E-state index < -0.39 is 0 Å². The first-order valence-electron chi connectivity index (χ1n) is 10.4. The molecule has 0 bridgehead atoms. The van der Waals surface area contributed by atoms with Gasteiger partial charge in [-0.05, 0) is 60.4 Å². The van der Waals surface area contributed by atoms with Gasteiger partial charge in [-0.25, -0.2) is 0 Å². The van der Waals surface area contributed by atoms with Gasteiger partial charge in [0.2, 0.25) is 5.78 Å². The summed E-state index contributed by atoms with van der Waals surface area (Å²) in [4.78, 5) is 15.3. The number of fused-ring (bicyclic) bond motifs is 3. The minimum atomic E-state index is -0.0894. The molecule has 2 heterocycles. The van der Waals surface area contributed by atoms with Crippen LogP contribution in [0.15, 0.2) is 64.8 Å². The lowest BCUT2D eigenvalue weighted by Gasteiger charge is -2.30. The van der Waals surface area contributed by atoms with Crippen molar-refractivity contribution in [2.75, 3.05) is 13.3 Å². The molecule has 2 aliphatic rings. The van der Waals surface area contributed by atoms with Crippen molar-refractivity contribution in [3.8, 4) is 11.5 Å². The summed E-state index contributed by atoms with van der Waals surface area (Å²) in [7, 11) is 0. The summed E-state index contributed by atoms with van der Waals surface area (Å²) < 4.78 is 13.1. The van der Waals surface area contributed by atoms with Gasteiger partial charge in [0, 0.05) is 22.6 Å². The second-order valence-electron chi connectivity index (χ2n) is 8.04. The molecule has 0 saturated heterocycles. The van der Waals surface area contributed by atoms with Gasteiger partial charge in [0.25, 0.3) is 0 Å². The number of hydrogen-bond acceptors (Lipinski definition) is 4. The molecule has 4 nitrogen and oxygen atoms in total. The first-order valence-corrected chi connectivity index (χ1v) is 11.6. The zero-order chi connectivity index (χ0) is 22.2. The quantitative estimate of drug-likeness (QED) is 0.380. The van der Waals surface area contributed by atoms with Crippen LogP contribution in [0.5, 0.6) is 11.5 Å². The summed E-state index contributed by atoms with van der Waals surface area (Å²) in [6.07, 6.45) is 2.61. The van der Waals surface area contributed by atoms with Crippen molar-refractivity contribution < 1.29 is 14.3 Å². The predicted molar refractivity (Wildman–Crippen MR) is 129 cm³/mol. The number of ether oxygens (including phenoxy) is 2. The molecule has 32 heavy (non-hydrogen) atoms. The molecule has 0 saturated carbocycles. The molecule has 3 aromatic rings. The molecular weight excluding hydrogens is 490 g/mol. The van der Waals surface area contributed by atoms with E-state index in [9.17, 15) is 4.79 Å². The molecule has 0 aromatic heterocycles. The van der Waals surface area contributed by atoms with Gasteiger partial charge in [0.1, 0.15) is 18.2 Å². The Kier molecular flexibility index (Phi) is 5.80. The highest BCUT2D eigenvalue weighted by atomic mass is 79.9. The van der Waals surface area contributed by atoms with Crippen LogP contribution in [0, 0.1) is 6.92 Å². The Bertz CT molecular complexity index is 1250. The normalized spacial score (nSPS) is 16.5. The highest BCUT2D eigenvalue weighted by molar-refractivity contribution is 9.10. The number of aryl methyl sites for hydroxylation is 1. The fourth-order valence-corrected chi connectivity index (χ4v) is 4.79. The van der Waals surface area contributed by atoms with Gasteiger partial charge in [-0.2, -0.15) is 0 Å². The van der Waals surface area contributed by atoms with E-state index in [2.05, 4.69) is 20.8 Å². The number of hydrogen-bond donors (Lipinski definition) is 0. The summed E-state index contributed by atoms with van der Waals surface area (Å²) >= 11 is 9.78. The fraction of sp³-hybridized carbons (Fsp3) is 0.192. The number of benzene rings is 3. The lowest BCUT2D eigenvalue weighted by Crippen LogP contribution is -2.34. The van der Waals surface area contributed by atoms with E-state index in [1.165, 1.54) is 0 Å². The van der Waals surface area contributed by atoms with E-state index >= 15 is 0 Å². The highest BCUT2D eigenvalue weighted by Crippen LogP contribution is 2.44. The SMILES string of the molecule is Cc1cc2c(c3c1C(=O)/C(=C/c1cccc(Br)c1)O3)CN(CCc1ccccc1Cl)CO2. The summed E-state index contributed by atoms with van der Waals surface area (Å²) in [5, 5.41) is 0.776. The first kappa shape index (κ1) is 21.3. The largest absolute Gasteiger partial charge is 0.478 e. The molecule has 2 aliphatic heterocycles. The number of Topliss-reactive ketones (excluding diaryl/α,β-unsaturated/α-hetero) is 1. The van der Waals surface area contributed by atoms with E-state index in [0.29, 0.717) is 30.3 Å². The number of allylic oxidation sites excluding steroid dienone is 1. The summed E-state index contributed by atoms with van der Waals surface area (Å²) in [5.41, 5.74) is 4.42. The number of nitrogens with zero attached hydrogens (tertiary/aromatic N) is 1. The molecule has 0 radical (unpaired) electrons. The Morgan fingerprint density at radius 3 is 2.81 bits per heavy atom. The van der Waals surface area contributed by atoms with Crippen molar-refractivity contribution in [3.05, 3.63) is 97.7 Å². The van der Waals surface area contributed by atoms with Crippen LogP contribution in [0.25, 0.3) is 6.08 Å². The number of carbonyl (C=O) groups is 1. The molecule has 162 valence electrons. The van der Waals surface area contributed by atoms with E-state index in [4.69, 9.17) is 21.1 Å². The van der Waals surface area contributed by atoms with E-state index in [1.807, 2.05) is 61.5 Å². The van der Waals surface area contributed by atoms with Crippen LogP contribution < -0.4 is 9.47 Å². The lowest BCUT2D eigenvalue weighted by atomic mass is 9.98. The van der Waals surface area contributed by atoms with Crippen molar-refractivity contribution in [2.45, 2.75) is 19.9 Å². The maximum atomic E-state index is 13.1. The monoisotopic (exact) mass is 509 g/mol. The molecule has 0 N–H and O–H groups in total. The lowest BCUT2D eigenvalue weighted by molar-refractivity contribution is 0.0949. The van der Waals surface area contributed by atoms with Gasteiger partial charge < -0.3 is 9.47 Å². The topological polar surface area (TPSA) is 38.8 Å². The van der Waals surface area contributed by atoms with Crippen molar-refractivity contribution in [2.24, 2.45) is 0 Å². The summed E-state index contributed by atoms with van der Waals surface area (Å²) in [6.45, 7) is 3.86. The Labute approximate surface area is 200 Å². The Balaban J connectivity index is 1.41. The van der Waals surface area contributed by atoms with Gasteiger partial charge in [-0.1, -0.05) is 57.9 Å².